The summed E-state index contributed by atoms with van der Waals surface area (Å²) in [6.45, 7) is 4.79. The molecule has 0 aliphatic heterocycles. The number of anilines is 2. The summed E-state index contributed by atoms with van der Waals surface area (Å²) in [5.41, 5.74) is 1.47. The molecule has 1 heterocycles. The third kappa shape index (κ3) is 4.71. The van der Waals surface area contributed by atoms with E-state index in [0.717, 1.165) is 23.5 Å². The summed E-state index contributed by atoms with van der Waals surface area (Å²) < 4.78 is 0. The second-order valence-electron chi connectivity index (χ2n) is 5.66. The average molecular weight is 333 g/mol. The summed E-state index contributed by atoms with van der Waals surface area (Å²) in [6, 6.07) is 9.17. The van der Waals surface area contributed by atoms with Gasteiger partial charge in [0, 0.05) is 25.0 Å². The standard InChI is InChI=1S/C17H23N3O2S/c1-4-20(3)15-7-5-6-14(10-15)19-16(21)18-12-17(2,22)13-8-9-23-11-13/h5-11,22H,4,12H2,1-3H3,(H2,18,19,21). The maximum Gasteiger partial charge on any atom is 0.319 e. The lowest BCUT2D eigenvalue weighted by atomic mass is 9.99. The lowest BCUT2D eigenvalue weighted by Gasteiger charge is -2.23. The lowest BCUT2D eigenvalue weighted by molar-refractivity contribution is 0.0604. The van der Waals surface area contributed by atoms with Crippen LogP contribution in [0.2, 0.25) is 0 Å². The first-order valence-corrected chi connectivity index (χ1v) is 8.48. The Morgan fingerprint density at radius 3 is 2.83 bits per heavy atom. The van der Waals surface area contributed by atoms with Crippen molar-refractivity contribution < 1.29 is 9.90 Å². The molecule has 1 aromatic heterocycles. The van der Waals surface area contributed by atoms with Gasteiger partial charge in [-0.3, -0.25) is 0 Å². The molecule has 2 aromatic rings. The minimum Gasteiger partial charge on any atom is -0.384 e. The molecule has 0 fully saturated rings. The average Bonchev–Trinajstić information content (AvgIpc) is 3.08. The summed E-state index contributed by atoms with van der Waals surface area (Å²) in [6.07, 6.45) is 0. The largest absolute Gasteiger partial charge is 0.384 e. The van der Waals surface area contributed by atoms with Crippen molar-refractivity contribution in [1.29, 1.82) is 0 Å². The zero-order valence-electron chi connectivity index (χ0n) is 13.7. The van der Waals surface area contributed by atoms with Crippen LogP contribution < -0.4 is 15.5 Å². The molecule has 1 atom stereocenters. The number of amides is 2. The molecular formula is C17H23N3O2S. The van der Waals surface area contributed by atoms with Gasteiger partial charge in [-0.15, -0.1) is 0 Å². The number of carbonyl (C=O) groups is 1. The Bertz CT molecular complexity index is 641. The number of nitrogens with one attached hydrogen (secondary N) is 2. The van der Waals surface area contributed by atoms with Crippen molar-refractivity contribution in [2.24, 2.45) is 0 Å². The minimum atomic E-state index is -1.08. The molecule has 1 aromatic carbocycles. The molecule has 0 saturated heterocycles. The fourth-order valence-corrected chi connectivity index (χ4v) is 2.89. The molecule has 2 rings (SSSR count). The number of hydrogen-bond donors (Lipinski definition) is 3. The lowest BCUT2D eigenvalue weighted by Crippen LogP contribution is -2.40. The first-order chi connectivity index (χ1) is 10.9. The highest BCUT2D eigenvalue weighted by Gasteiger charge is 2.24. The van der Waals surface area contributed by atoms with Gasteiger partial charge in [-0.25, -0.2) is 4.79 Å². The highest BCUT2D eigenvalue weighted by Crippen LogP contribution is 2.22. The van der Waals surface area contributed by atoms with Gasteiger partial charge >= 0.3 is 6.03 Å². The van der Waals surface area contributed by atoms with Crippen LogP contribution in [-0.2, 0) is 5.60 Å². The van der Waals surface area contributed by atoms with Gasteiger partial charge < -0.3 is 20.6 Å². The molecule has 5 nitrogen and oxygen atoms in total. The van der Waals surface area contributed by atoms with Crippen molar-refractivity contribution in [2.75, 3.05) is 30.4 Å². The van der Waals surface area contributed by atoms with Gasteiger partial charge in [0.25, 0.3) is 0 Å². The minimum absolute atomic E-state index is 0.143. The van der Waals surface area contributed by atoms with E-state index in [2.05, 4.69) is 22.5 Å². The van der Waals surface area contributed by atoms with E-state index in [9.17, 15) is 9.90 Å². The second kappa shape index (κ2) is 7.48. The van der Waals surface area contributed by atoms with Crippen LogP contribution in [0.25, 0.3) is 0 Å². The van der Waals surface area contributed by atoms with E-state index in [1.54, 1.807) is 6.92 Å². The third-order valence-electron chi connectivity index (χ3n) is 3.76. The first kappa shape index (κ1) is 17.3. The number of benzene rings is 1. The second-order valence-corrected chi connectivity index (χ2v) is 6.44. The van der Waals surface area contributed by atoms with Gasteiger partial charge in [-0.2, -0.15) is 11.3 Å². The summed E-state index contributed by atoms with van der Waals surface area (Å²) in [5.74, 6) is 0. The molecule has 0 saturated carbocycles. The molecule has 0 radical (unpaired) electrons. The molecule has 0 bridgehead atoms. The Hall–Kier alpha value is -2.05. The quantitative estimate of drug-likeness (QED) is 0.760. The van der Waals surface area contributed by atoms with Crippen LogP contribution in [-0.4, -0.2) is 31.3 Å². The third-order valence-corrected chi connectivity index (χ3v) is 4.44. The van der Waals surface area contributed by atoms with Gasteiger partial charge in [0.15, 0.2) is 0 Å². The fourth-order valence-electron chi connectivity index (χ4n) is 2.10. The fraction of sp³-hybridized carbons (Fsp3) is 0.353. The number of thiophene rings is 1. The normalized spacial score (nSPS) is 13.2. The Labute approximate surface area is 140 Å². The topological polar surface area (TPSA) is 64.6 Å². The van der Waals surface area contributed by atoms with E-state index in [-0.39, 0.29) is 12.6 Å². The number of urea groups is 1. The van der Waals surface area contributed by atoms with Crippen molar-refractivity contribution in [3.8, 4) is 0 Å². The summed E-state index contributed by atoms with van der Waals surface area (Å²) in [5, 5.41) is 19.7. The van der Waals surface area contributed by atoms with Crippen molar-refractivity contribution in [3.63, 3.8) is 0 Å². The maximum atomic E-state index is 12.0. The van der Waals surface area contributed by atoms with Gasteiger partial charge in [0.1, 0.15) is 5.60 Å². The van der Waals surface area contributed by atoms with Crippen molar-refractivity contribution in [1.82, 2.24) is 5.32 Å². The molecule has 0 aliphatic carbocycles. The Morgan fingerprint density at radius 1 is 1.39 bits per heavy atom. The van der Waals surface area contributed by atoms with E-state index in [0.29, 0.717) is 0 Å². The zero-order valence-corrected chi connectivity index (χ0v) is 14.5. The highest BCUT2D eigenvalue weighted by molar-refractivity contribution is 7.08. The number of carbonyl (C=O) groups excluding carboxylic acids is 1. The molecule has 124 valence electrons. The van der Waals surface area contributed by atoms with E-state index in [4.69, 9.17) is 0 Å². The van der Waals surface area contributed by atoms with Gasteiger partial charge in [-0.1, -0.05) is 6.07 Å². The molecule has 0 aliphatic rings. The van der Waals surface area contributed by atoms with Crippen molar-refractivity contribution >= 4 is 28.7 Å². The molecule has 3 N–H and O–H groups in total. The molecule has 2 amide bonds. The van der Waals surface area contributed by atoms with Crippen LogP contribution in [0.4, 0.5) is 16.2 Å². The van der Waals surface area contributed by atoms with Gasteiger partial charge in [0.05, 0.1) is 6.54 Å². The monoisotopic (exact) mass is 333 g/mol. The Balaban J connectivity index is 1.92. The summed E-state index contributed by atoms with van der Waals surface area (Å²) >= 11 is 1.52. The predicted octanol–water partition coefficient (Wildman–Crippen LogP) is 3.23. The predicted molar refractivity (Wildman–Crippen MR) is 96.3 cm³/mol. The Kier molecular flexibility index (Phi) is 5.63. The van der Waals surface area contributed by atoms with Crippen LogP contribution >= 0.6 is 11.3 Å². The molecule has 23 heavy (non-hydrogen) atoms. The van der Waals surface area contributed by atoms with Crippen LogP contribution in [0.3, 0.4) is 0 Å². The molecule has 1 unspecified atom stereocenters. The number of aliphatic hydroxyl groups is 1. The zero-order chi connectivity index (χ0) is 16.9. The Morgan fingerprint density at radius 2 is 2.17 bits per heavy atom. The van der Waals surface area contributed by atoms with Gasteiger partial charge in [-0.05, 0) is 54.4 Å². The number of nitrogens with zero attached hydrogens (tertiary/aromatic N) is 1. The molecular weight excluding hydrogens is 310 g/mol. The first-order valence-electron chi connectivity index (χ1n) is 7.53. The molecule has 6 heteroatoms. The van der Waals surface area contributed by atoms with E-state index in [1.807, 2.05) is 48.1 Å². The van der Waals surface area contributed by atoms with Crippen molar-refractivity contribution in [2.45, 2.75) is 19.4 Å². The van der Waals surface area contributed by atoms with Crippen LogP contribution in [0.15, 0.2) is 41.1 Å². The van der Waals surface area contributed by atoms with E-state index >= 15 is 0 Å². The summed E-state index contributed by atoms with van der Waals surface area (Å²) in [7, 11) is 2.00. The SMILES string of the molecule is CCN(C)c1cccc(NC(=O)NCC(C)(O)c2ccsc2)c1. The van der Waals surface area contributed by atoms with Crippen LogP contribution in [0.5, 0.6) is 0 Å². The van der Waals surface area contributed by atoms with Gasteiger partial charge in [0.2, 0.25) is 0 Å². The molecule has 0 spiro atoms. The number of rotatable bonds is 6. The van der Waals surface area contributed by atoms with E-state index < -0.39 is 5.60 Å². The number of hydrogen-bond acceptors (Lipinski definition) is 4. The van der Waals surface area contributed by atoms with E-state index in [1.165, 1.54) is 11.3 Å². The summed E-state index contributed by atoms with van der Waals surface area (Å²) in [4.78, 5) is 14.1. The smallest absolute Gasteiger partial charge is 0.319 e. The van der Waals surface area contributed by atoms with Crippen LogP contribution in [0, 0.1) is 0 Å². The van der Waals surface area contributed by atoms with Crippen LogP contribution in [0.1, 0.15) is 19.4 Å². The highest BCUT2D eigenvalue weighted by atomic mass is 32.1. The maximum absolute atomic E-state index is 12.0. The van der Waals surface area contributed by atoms with Crippen molar-refractivity contribution in [3.05, 3.63) is 46.7 Å².